The van der Waals surface area contributed by atoms with Crippen LogP contribution in [0.5, 0.6) is 28.7 Å². The molecule has 2 atom stereocenters. The van der Waals surface area contributed by atoms with Gasteiger partial charge < -0.3 is 39.4 Å². The van der Waals surface area contributed by atoms with Gasteiger partial charge in [-0.05, 0) is 99.6 Å². The lowest BCUT2D eigenvalue weighted by Gasteiger charge is -2.41. The van der Waals surface area contributed by atoms with Crippen LogP contribution in [0.3, 0.4) is 0 Å². The topological polar surface area (TPSA) is 118 Å². The molecule has 2 saturated carbocycles. The number of hydrogen-bond acceptors (Lipinski definition) is 8. The van der Waals surface area contributed by atoms with Gasteiger partial charge in [0.05, 0.1) is 32.5 Å². The molecule has 0 saturated heterocycles. The van der Waals surface area contributed by atoms with Crippen LogP contribution in [-0.2, 0) is 17.6 Å². The highest BCUT2D eigenvalue weighted by Crippen LogP contribution is 2.48. The van der Waals surface area contributed by atoms with Crippen molar-refractivity contribution in [1.82, 2.24) is 0 Å². The molecule has 0 spiro atoms. The molecule has 0 unspecified atom stereocenters. The van der Waals surface area contributed by atoms with Crippen LogP contribution >= 0.6 is 0 Å². The molecule has 40 heavy (non-hydrogen) atoms. The minimum atomic E-state index is -0.637. The largest absolute Gasteiger partial charge is 0.504 e. The number of phenolic OH excluding ortho intramolecular Hbond substituents is 2. The standard InChI is InChI=1S/C32H46O8/c1-37-27-19-23(20-28(38-2)31(27)36)11-14-29(35)32(16-6-7-17-32)30(39-21-33)15-12-22-10-13-25(34)26(18-22)40-24-8-4-3-5-9-24/h10,13,18-20,24,29-30,33-36H,3-9,11-12,14-17,21H2,1-2H3/t29-,30-/m0/s1. The Bertz CT molecular complexity index is 1050. The summed E-state index contributed by atoms with van der Waals surface area (Å²) in [6.07, 6.45) is 10.8. The van der Waals surface area contributed by atoms with Crippen molar-refractivity contribution in [2.24, 2.45) is 5.41 Å². The van der Waals surface area contributed by atoms with Gasteiger partial charge in [0.25, 0.3) is 0 Å². The van der Waals surface area contributed by atoms with Crippen molar-refractivity contribution in [3.05, 3.63) is 41.5 Å². The monoisotopic (exact) mass is 558 g/mol. The molecule has 0 heterocycles. The first-order valence-electron chi connectivity index (χ1n) is 14.7. The van der Waals surface area contributed by atoms with E-state index in [1.165, 1.54) is 20.6 Å². The van der Waals surface area contributed by atoms with Gasteiger partial charge in [0, 0.05) is 5.41 Å². The third-order valence-electron chi connectivity index (χ3n) is 8.93. The molecule has 2 aromatic rings. The predicted octanol–water partition coefficient (Wildman–Crippen LogP) is 5.65. The summed E-state index contributed by atoms with van der Waals surface area (Å²) in [7, 11) is 2.99. The molecular formula is C32H46O8. The van der Waals surface area contributed by atoms with Crippen LogP contribution in [0.25, 0.3) is 0 Å². The fraction of sp³-hybridized carbons (Fsp3) is 0.625. The maximum absolute atomic E-state index is 11.6. The Morgan fingerprint density at radius 3 is 2.08 bits per heavy atom. The molecule has 0 aliphatic heterocycles. The molecular weight excluding hydrogens is 512 g/mol. The fourth-order valence-electron chi connectivity index (χ4n) is 6.68. The summed E-state index contributed by atoms with van der Waals surface area (Å²) < 4.78 is 22.7. The summed E-state index contributed by atoms with van der Waals surface area (Å²) in [6, 6.07) is 9.05. The lowest BCUT2D eigenvalue weighted by atomic mass is 9.71. The number of aliphatic hydroxyl groups excluding tert-OH is 2. The molecule has 2 aliphatic carbocycles. The smallest absolute Gasteiger partial charge is 0.200 e. The molecule has 0 aromatic heterocycles. The Balaban J connectivity index is 1.45. The highest BCUT2D eigenvalue weighted by atomic mass is 16.6. The SMILES string of the molecule is COc1cc(CC[C@H](O)C2([C@H](CCc3ccc(O)c(OC4CCCCC4)c3)OCO)CCCC2)cc(OC)c1O. The third kappa shape index (κ3) is 7.14. The van der Waals surface area contributed by atoms with Crippen LogP contribution < -0.4 is 14.2 Å². The molecule has 0 radical (unpaired) electrons. The zero-order chi connectivity index (χ0) is 28.5. The number of hydrogen-bond donors (Lipinski definition) is 4. The van der Waals surface area contributed by atoms with Gasteiger partial charge in [0.1, 0.15) is 6.79 Å². The molecule has 0 bridgehead atoms. The summed E-state index contributed by atoms with van der Waals surface area (Å²) in [5.74, 6) is 1.31. The molecule has 4 N–H and O–H groups in total. The van der Waals surface area contributed by atoms with Gasteiger partial charge >= 0.3 is 0 Å². The van der Waals surface area contributed by atoms with Crippen molar-refractivity contribution in [2.45, 2.75) is 102 Å². The van der Waals surface area contributed by atoms with Crippen molar-refractivity contribution in [2.75, 3.05) is 21.0 Å². The minimum absolute atomic E-state index is 0.0421. The zero-order valence-corrected chi connectivity index (χ0v) is 23.9. The molecule has 222 valence electrons. The van der Waals surface area contributed by atoms with E-state index >= 15 is 0 Å². The second-order valence-corrected chi connectivity index (χ2v) is 11.3. The van der Waals surface area contributed by atoms with E-state index in [0.717, 1.165) is 62.5 Å². The molecule has 8 heteroatoms. The number of aromatic hydroxyl groups is 2. The van der Waals surface area contributed by atoms with Crippen molar-refractivity contribution in [3.8, 4) is 28.7 Å². The molecule has 2 aromatic carbocycles. The molecule has 0 amide bonds. The summed E-state index contributed by atoms with van der Waals surface area (Å²) >= 11 is 0. The summed E-state index contributed by atoms with van der Waals surface area (Å²) in [4.78, 5) is 0. The van der Waals surface area contributed by atoms with Crippen LogP contribution in [0.2, 0.25) is 0 Å². The number of ether oxygens (including phenoxy) is 4. The summed E-state index contributed by atoms with van der Waals surface area (Å²) in [5.41, 5.74) is 1.46. The normalized spacial score (nSPS) is 18.8. The van der Waals surface area contributed by atoms with Gasteiger partial charge in [-0.25, -0.2) is 0 Å². The van der Waals surface area contributed by atoms with Gasteiger partial charge in [-0.15, -0.1) is 0 Å². The Morgan fingerprint density at radius 1 is 0.825 bits per heavy atom. The Kier molecular flexibility index (Phi) is 10.8. The van der Waals surface area contributed by atoms with E-state index in [1.54, 1.807) is 18.2 Å². The van der Waals surface area contributed by atoms with Gasteiger partial charge in [-0.1, -0.05) is 25.3 Å². The van der Waals surface area contributed by atoms with Gasteiger partial charge in [0.15, 0.2) is 23.0 Å². The van der Waals surface area contributed by atoms with E-state index < -0.39 is 18.3 Å². The second kappa shape index (κ2) is 14.3. The minimum Gasteiger partial charge on any atom is -0.504 e. The number of methoxy groups -OCH3 is 2. The van der Waals surface area contributed by atoms with E-state index in [0.29, 0.717) is 42.9 Å². The average molecular weight is 559 g/mol. The highest BCUT2D eigenvalue weighted by molar-refractivity contribution is 5.52. The molecule has 8 nitrogen and oxygen atoms in total. The van der Waals surface area contributed by atoms with Gasteiger partial charge in [0.2, 0.25) is 5.75 Å². The lowest BCUT2D eigenvalue weighted by molar-refractivity contribution is -0.144. The summed E-state index contributed by atoms with van der Waals surface area (Å²) in [6.45, 7) is -0.406. The van der Waals surface area contributed by atoms with Crippen molar-refractivity contribution < 1.29 is 39.4 Å². The van der Waals surface area contributed by atoms with Crippen LogP contribution in [-0.4, -0.2) is 59.8 Å². The van der Waals surface area contributed by atoms with Crippen LogP contribution in [0.4, 0.5) is 0 Å². The Morgan fingerprint density at radius 2 is 1.45 bits per heavy atom. The maximum atomic E-state index is 11.6. The third-order valence-corrected chi connectivity index (χ3v) is 8.93. The first-order chi connectivity index (χ1) is 19.4. The van der Waals surface area contributed by atoms with E-state index in [-0.39, 0.29) is 23.7 Å². The van der Waals surface area contributed by atoms with Crippen LogP contribution in [0, 0.1) is 5.41 Å². The quantitative estimate of drug-likeness (QED) is 0.220. The van der Waals surface area contributed by atoms with Crippen molar-refractivity contribution in [1.29, 1.82) is 0 Å². The Hall–Kier alpha value is -2.68. The number of benzene rings is 2. The van der Waals surface area contributed by atoms with E-state index in [9.17, 15) is 20.4 Å². The zero-order valence-electron chi connectivity index (χ0n) is 23.9. The van der Waals surface area contributed by atoms with Crippen molar-refractivity contribution in [3.63, 3.8) is 0 Å². The predicted molar refractivity (Wildman–Crippen MR) is 152 cm³/mol. The first-order valence-corrected chi connectivity index (χ1v) is 14.7. The number of aryl methyl sites for hydroxylation is 2. The number of rotatable bonds is 14. The highest BCUT2D eigenvalue weighted by Gasteiger charge is 2.47. The lowest BCUT2D eigenvalue weighted by Crippen LogP contribution is -2.45. The first kappa shape index (κ1) is 30.3. The molecule has 4 rings (SSSR count). The van der Waals surface area contributed by atoms with Crippen molar-refractivity contribution >= 4 is 0 Å². The fourth-order valence-corrected chi connectivity index (χ4v) is 6.68. The maximum Gasteiger partial charge on any atom is 0.200 e. The molecule has 2 aliphatic rings. The van der Waals surface area contributed by atoms with E-state index in [4.69, 9.17) is 18.9 Å². The number of aliphatic hydroxyl groups is 2. The van der Waals surface area contributed by atoms with E-state index in [2.05, 4.69) is 0 Å². The van der Waals surface area contributed by atoms with Crippen LogP contribution in [0.1, 0.15) is 81.8 Å². The number of phenols is 2. The van der Waals surface area contributed by atoms with Gasteiger partial charge in [-0.3, -0.25) is 0 Å². The average Bonchev–Trinajstić information content (AvgIpc) is 3.48. The summed E-state index contributed by atoms with van der Waals surface area (Å²) in [5, 5.41) is 42.0. The Labute approximate surface area is 237 Å². The molecule has 2 fully saturated rings. The second-order valence-electron chi connectivity index (χ2n) is 11.3. The van der Waals surface area contributed by atoms with E-state index in [1.807, 2.05) is 12.1 Å². The van der Waals surface area contributed by atoms with Crippen LogP contribution in [0.15, 0.2) is 30.3 Å². The van der Waals surface area contributed by atoms with Gasteiger partial charge in [-0.2, -0.15) is 0 Å².